The lowest BCUT2D eigenvalue weighted by Crippen LogP contribution is -2.43. The van der Waals surface area contributed by atoms with E-state index in [9.17, 15) is 14.0 Å². The summed E-state index contributed by atoms with van der Waals surface area (Å²) in [4.78, 5) is 29.3. The SMILES string of the molecule is COc1ccc(CC(=O)N(Cc2ccc(F)cc2)C(C(=O)NCc2ccccc2Cl)c2ccccc2)cc1OC. The van der Waals surface area contributed by atoms with Gasteiger partial charge in [0, 0.05) is 18.1 Å². The maximum atomic E-state index is 14.0. The van der Waals surface area contributed by atoms with Gasteiger partial charge >= 0.3 is 0 Å². The van der Waals surface area contributed by atoms with Crippen molar-refractivity contribution < 1.29 is 23.5 Å². The van der Waals surface area contributed by atoms with Crippen LogP contribution in [-0.2, 0) is 29.1 Å². The lowest BCUT2D eigenvalue weighted by atomic mass is 10.0. The standard InChI is InChI=1S/C32H30ClFN2O4/c1-39-28-17-14-23(18-29(28)40-2)19-30(37)36(21-22-12-15-26(34)16-13-22)31(24-8-4-3-5-9-24)32(38)35-20-25-10-6-7-11-27(25)33/h3-18,31H,19-21H2,1-2H3,(H,35,38). The number of amides is 2. The van der Waals surface area contributed by atoms with Crippen molar-refractivity contribution in [3.8, 4) is 11.5 Å². The van der Waals surface area contributed by atoms with Crippen LogP contribution in [0.15, 0.2) is 97.1 Å². The molecule has 6 nitrogen and oxygen atoms in total. The van der Waals surface area contributed by atoms with Gasteiger partial charge in [-0.15, -0.1) is 0 Å². The van der Waals surface area contributed by atoms with E-state index >= 15 is 0 Å². The van der Waals surface area contributed by atoms with Crippen molar-refractivity contribution in [3.63, 3.8) is 0 Å². The first-order valence-corrected chi connectivity index (χ1v) is 13.1. The average Bonchev–Trinajstić information content (AvgIpc) is 2.98. The van der Waals surface area contributed by atoms with Crippen LogP contribution in [-0.4, -0.2) is 30.9 Å². The first-order valence-electron chi connectivity index (χ1n) is 12.7. The highest BCUT2D eigenvalue weighted by Crippen LogP contribution is 2.30. The van der Waals surface area contributed by atoms with E-state index in [0.717, 1.165) is 5.56 Å². The van der Waals surface area contributed by atoms with Crippen LogP contribution in [0.4, 0.5) is 4.39 Å². The molecule has 206 valence electrons. The Kier molecular flexibility index (Phi) is 9.76. The second-order valence-electron chi connectivity index (χ2n) is 9.14. The van der Waals surface area contributed by atoms with Gasteiger partial charge in [0.25, 0.3) is 0 Å². The summed E-state index contributed by atoms with van der Waals surface area (Å²) in [5, 5.41) is 3.49. The average molecular weight is 561 g/mol. The molecule has 8 heteroatoms. The molecular weight excluding hydrogens is 531 g/mol. The summed E-state index contributed by atoms with van der Waals surface area (Å²) >= 11 is 6.31. The Hall–Kier alpha value is -4.36. The highest BCUT2D eigenvalue weighted by molar-refractivity contribution is 6.31. The molecule has 2 amide bonds. The third-order valence-corrected chi connectivity index (χ3v) is 6.84. The molecule has 0 saturated heterocycles. The van der Waals surface area contributed by atoms with E-state index in [2.05, 4.69) is 5.32 Å². The molecule has 0 bridgehead atoms. The van der Waals surface area contributed by atoms with Crippen molar-refractivity contribution in [3.05, 3.63) is 130 Å². The van der Waals surface area contributed by atoms with E-state index in [1.807, 2.05) is 36.4 Å². The molecule has 0 aromatic heterocycles. The molecule has 1 N–H and O–H groups in total. The van der Waals surface area contributed by atoms with Gasteiger partial charge in [-0.3, -0.25) is 9.59 Å². The zero-order chi connectivity index (χ0) is 28.5. The molecule has 4 rings (SSSR count). The van der Waals surface area contributed by atoms with Crippen molar-refractivity contribution >= 4 is 23.4 Å². The van der Waals surface area contributed by atoms with E-state index in [1.165, 1.54) is 24.1 Å². The molecule has 4 aromatic rings. The Labute approximate surface area is 238 Å². The van der Waals surface area contributed by atoms with Crippen molar-refractivity contribution in [1.29, 1.82) is 0 Å². The Morgan fingerprint density at radius 2 is 1.50 bits per heavy atom. The molecule has 40 heavy (non-hydrogen) atoms. The Morgan fingerprint density at radius 1 is 0.850 bits per heavy atom. The Balaban J connectivity index is 1.69. The summed E-state index contributed by atoms with van der Waals surface area (Å²) in [7, 11) is 3.07. The first kappa shape index (κ1) is 28.6. The second kappa shape index (κ2) is 13.6. The number of ether oxygens (including phenoxy) is 2. The number of hydrogen-bond donors (Lipinski definition) is 1. The van der Waals surface area contributed by atoms with Gasteiger partial charge in [-0.1, -0.05) is 78.3 Å². The topological polar surface area (TPSA) is 67.9 Å². The minimum Gasteiger partial charge on any atom is -0.493 e. The minimum atomic E-state index is -0.957. The number of methoxy groups -OCH3 is 2. The number of benzene rings is 4. The number of nitrogens with zero attached hydrogens (tertiary/aromatic N) is 1. The summed E-state index contributed by atoms with van der Waals surface area (Å²) in [5.74, 6) is -0.00538. The highest BCUT2D eigenvalue weighted by atomic mass is 35.5. The van der Waals surface area contributed by atoms with E-state index < -0.39 is 6.04 Å². The van der Waals surface area contributed by atoms with Crippen molar-refractivity contribution in [2.75, 3.05) is 14.2 Å². The van der Waals surface area contributed by atoms with E-state index in [1.54, 1.807) is 55.6 Å². The van der Waals surface area contributed by atoms with Crippen LogP contribution < -0.4 is 14.8 Å². The van der Waals surface area contributed by atoms with E-state index in [0.29, 0.717) is 33.2 Å². The highest BCUT2D eigenvalue weighted by Gasteiger charge is 2.31. The number of rotatable bonds is 11. The fourth-order valence-electron chi connectivity index (χ4n) is 4.41. The molecule has 1 atom stereocenters. The summed E-state index contributed by atoms with van der Waals surface area (Å²) in [6.45, 7) is 0.279. The summed E-state index contributed by atoms with van der Waals surface area (Å²) < 4.78 is 24.4. The van der Waals surface area contributed by atoms with Gasteiger partial charge in [0.1, 0.15) is 11.9 Å². The molecule has 0 fully saturated rings. The van der Waals surface area contributed by atoms with Gasteiger partial charge in [0.2, 0.25) is 11.8 Å². The molecule has 0 aliphatic heterocycles. The van der Waals surface area contributed by atoms with Gasteiger partial charge in [-0.25, -0.2) is 4.39 Å². The molecule has 0 radical (unpaired) electrons. The van der Waals surface area contributed by atoms with Gasteiger partial charge in [-0.05, 0) is 52.6 Å². The van der Waals surface area contributed by atoms with Crippen LogP contribution in [0.3, 0.4) is 0 Å². The number of hydrogen-bond acceptors (Lipinski definition) is 4. The van der Waals surface area contributed by atoms with E-state index in [-0.39, 0.29) is 37.1 Å². The molecule has 0 aliphatic carbocycles. The summed E-state index contributed by atoms with van der Waals surface area (Å²) in [5.41, 5.74) is 2.77. The van der Waals surface area contributed by atoms with Crippen LogP contribution >= 0.6 is 11.6 Å². The third-order valence-electron chi connectivity index (χ3n) is 6.48. The Morgan fingerprint density at radius 3 is 2.17 bits per heavy atom. The molecule has 0 saturated carbocycles. The number of carbonyl (C=O) groups is 2. The van der Waals surface area contributed by atoms with Gasteiger partial charge in [-0.2, -0.15) is 0 Å². The third kappa shape index (κ3) is 7.18. The molecular formula is C32H30ClFN2O4. The molecule has 0 spiro atoms. The smallest absolute Gasteiger partial charge is 0.247 e. The largest absolute Gasteiger partial charge is 0.493 e. The second-order valence-corrected chi connectivity index (χ2v) is 9.54. The normalized spacial score (nSPS) is 11.4. The van der Waals surface area contributed by atoms with Crippen molar-refractivity contribution in [2.45, 2.75) is 25.6 Å². The number of carbonyl (C=O) groups excluding carboxylic acids is 2. The summed E-state index contributed by atoms with van der Waals surface area (Å²) in [6, 6.07) is 26.5. The summed E-state index contributed by atoms with van der Waals surface area (Å²) in [6.07, 6.45) is 0.00265. The molecule has 1 unspecified atom stereocenters. The van der Waals surface area contributed by atoms with Gasteiger partial charge in [0.05, 0.1) is 20.6 Å². The fourth-order valence-corrected chi connectivity index (χ4v) is 4.61. The van der Waals surface area contributed by atoms with Crippen molar-refractivity contribution in [2.24, 2.45) is 0 Å². The molecule has 0 aliphatic rings. The van der Waals surface area contributed by atoms with Crippen LogP contribution in [0.1, 0.15) is 28.3 Å². The number of nitrogens with one attached hydrogen (secondary N) is 1. The lowest BCUT2D eigenvalue weighted by molar-refractivity contribution is -0.141. The fraction of sp³-hybridized carbons (Fsp3) is 0.188. The predicted octanol–water partition coefficient (Wildman–Crippen LogP) is 6.13. The van der Waals surface area contributed by atoms with E-state index in [4.69, 9.17) is 21.1 Å². The quantitative estimate of drug-likeness (QED) is 0.240. The molecule has 4 aromatic carbocycles. The van der Waals surface area contributed by atoms with Gasteiger partial charge < -0.3 is 19.7 Å². The molecule has 0 heterocycles. The zero-order valence-corrected chi connectivity index (χ0v) is 23.0. The Bertz CT molecular complexity index is 1450. The number of halogens is 2. The van der Waals surface area contributed by atoms with Crippen LogP contribution in [0.25, 0.3) is 0 Å². The maximum Gasteiger partial charge on any atom is 0.247 e. The van der Waals surface area contributed by atoms with Crippen LogP contribution in [0.5, 0.6) is 11.5 Å². The maximum absolute atomic E-state index is 14.0. The van der Waals surface area contributed by atoms with Gasteiger partial charge in [0.15, 0.2) is 11.5 Å². The minimum absolute atomic E-state index is 0.00265. The van der Waals surface area contributed by atoms with Crippen LogP contribution in [0, 0.1) is 5.82 Å². The van der Waals surface area contributed by atoms with Crippen LogP contribution in [0.2, 0.25) is 5.02 Å². The first-order chi connectivity index (χ1) is 19.4. The lowest BCUT2D eigenvalue weighted by Gasteiger charge is -2.32. The predicted molar refractivity (Wildman–Crippen MR) is 153 cm³/mol. The monoisotopic (exact) mass is 560 g/mol. The zero-order valence-electron chi connectivity index (χ0n) is 22.3. The van der Waals surface area contributed by atoms with Crippen molar-refractivity contribution in [1.82, 2.24) is 10.2 Å².